The van der Waals surface area contributed by atoms with Gasteiger partial charge in [-0.1, -0.05) is 43.3 Å². The van der Waals surface area contributed by atoms with Crippen LogP contribution in [0.3, 0.4) is 0 Å². The molecule has 0 aliphatic heterocycles. The number of carbonyl (C=O) groups is 1. The molecule has 0 spiro atoms. The summed E-state index contributed by atoms with van der Waals surface area (Å²) in [6, 6.07) is 13.4. The number of rotatable bonds is 4. The van der Waals surface area contributed by atoms with Crippen LogP contribution >= 0.6 is 0 Å². The summed E-state index contributed by atoms with van der Waals surface area (Å²) in [5, 5.41) is 11.2. The molecule has 1 N–H and O–H groups in total. The third-order valence-corrected chi connectivity index (χ3v) is 3.21. The Hall–Kier alpha value is -2.03. The first-order chi connectivity index (χ1) is 8.57. The molecule has 3 nitrogen and oxygen atoms in total. The largest absolute Gasteiger partial charge is 0.478 e. The van der Waals surface area contributed by atoms with E-state index < -0.39 is 11.6 Å². The molecule has 0 bridgehead atoms. The van der Waals surface area contributed by atoms with E-state index in [-0.39, 0.29) is 0 Å². The zero-order chi connectivity index (χ0) is 13.2. The molecule has 2 aromatic rings. The van der Waals surface area contributed by atoms with Crippen LogP contribution in [0.25, 0.3) is 10.8 Å². The number of carboxylic acids is 1. The van der Waals surface area contributed by atoms with Crippen LogP contribution in [0.5, 0.6) is 5.75 Å². The van der Waals surface area contributed by atoms with Gasteiger partial charge in [0.05, 0.1) is 0 Å². The van der Waals surface area contributed by atoms with Crippen LogP contribution in [-0.2, 0) is 4.79 Å². The molecular weight excluding hydrogens is 228 g/mol. The first-order valence-electron chi connectivity index (χ1n) is 5.97. The second-order valence-electron chi connectivity index (χ2n) is 4.47. The third kappa shape index (κ3) is 2.16. The first-order valence-corrected chi connectivity index (χ1v) is 5.97. The highest BCUT2D eigenvalue weighted by molar-refractivity contribution is 5.89. The molecule has 1 unspecified atom stereocenters. The minimum absolute atomic E-state index is 0.408. The Morgan fingerprint density at radius 1 is 1.22 bits per heavy atom. The number of ether oxygens (including phenoxy) is 1. The van der Waals surface area contributed by atoms with Crippen molar-refractivity contribution in [3.63, 3.8) is 0 Å². The van der Waals surface area contributed by atoms with Crippen molar-refractivity contribution >= 4 is 16.7 Å². The van der Waals surface area contributed by atoms with Crippen LogP contribution < -0.4 is 4.74 Å². The molecule has 0 aromatic heterocycles. The van der Waals surface area contributed by atoms with Crippen molar-refractivity contribution in [1.29, 1.82) is 0 Å². The SMILES string of the molecule is CCC(C)(Oc1cccc2ccccc12)C(=O)O. The molecule has 3 heteroatoms. The van der Waals surface area contributed by atoms with Gasteiger partial charge in [0.1, 0.15) is 5.75 Å². The van der Waals surface area contributed by atoms with Crippen molar-refractivity contribution in [3.05, 3.63) is 42.5 Å². The molecule has 0 amide bonds. The fourth-order valence-corrected chi connectivity index (χ4v) is 1.79. The molecule has 0 radical (unpaired) electrons. The second kappa shape index (κ2) is 4.69. The topological polar surface area (TPSA) is 46.5 Å². The van der Waals surface area contributed by atoms with E-state index in [2.05, 4.69) is 0 Å². The summed E-state index contributed by atoms with van der Waals surface area (Å²) in [4.78, 5) is 11.3. The van der Waals surface area contributed by atoms with Gasteiger partial charge in [0.2, 0.25) is 5.60 Å². The van der Waals surface area contributed by atoms with Gasteiger partial charge in [0, 0.05) is 5.39 Å². The van der Waals surface area contributed by atoms with E-state index >= 15 is 0 Å². The Labute approximate surface area is 106 Å². The number of fused-ring (bicyclic) bond motifs is 1. The molecule has 0 saturated heterocycles. The van der Waals surface area contributed by atoms with Crippen LogP contribution in [0.1, 0.15) is 20.3 Å². The van der Waals surface area contributed by atoms with Crippen molar-refractivity contribution < 1.29 is 14.6 Å². The first kappa shape index (κ1) is 12.4. The summed E-state index contributed by atoms with van der Waals surface area (Å²) in [6.45, 7) is 3.40. The maximum Gasteiger partial charge on any atom is 0.347 e. The minimum Gasteiger partial charge on any atom is -0.478 e. The molecular formula is C15H16O3. The summed E-state index contributed by atoms with van der Waals surface area (Å²) in [7, 11) is 0. The minimum atomic E-state index is -1.19. The summed E-state index contributed by atoms with van der Waals surface area (Å²) in [5.41, 5.74) is -1.19. The summed E-state index contributed by atoms with van der Waals surface area (Å²) >= 11 is 0. The van der Waals surface area contributed by atoms with Crippen molar-refractivity contribution in [3.8, 4) is 5.75 Å². The lowest BCUT2D eigenvalue weighted by Gasteiger charge is -2.25. The van der Waals surface area contributed by atoms with Crippen LogP contribution in [0.4, 0.5) is 0 Å². The zero-order valence-electron chi connectivity index (χ0n) is 10.5. The Bertz CT molecular complexity index is 571. The Balaban J connectivity index is 2.46. The number of hydrogen-bond acceptors (Lipinski definition) is 2. The highest BCUT2D eigenvalue weighted by atomic mass is 16.5. The lowest BCUT2D eigenvalue weighted by molar-refractivity contribution is -0.153. The number of aliphatic carboxylic acids is 1. The zero-order valence-corrected chi connectivity index (χ0v) is 10.5. The van der Waals surface area contributed by atoms with Crippen molar-refractivity contribution in [2.75, 3.05) is 0 Å². The molecule has 18 heavy (non-hydrogen) atoms. The lowest BCUT2D eigenvalue weighted by Crippen LogP contribution is -2.40. The normalized spacial score (nSPS) is 14.1. The molecule has 0 fully saturated rings. The molecule has 1 atom stereocenters. The van der Waals surface area contributed by atoms with Gasteiger partial charge in [-0.25, -0.2) is 4.79 Å². The smallest absolute Gasteiger partial charge is 0.347 e. The fraction of sp³-hybridized carbons (Fsp3) is 0.267. The summed E-state index contributed by atoms with van der Waals surface area (Å²) in [5.74, 6) is -0.335. The van der Waals surface area contributed by atoms with E-state index in [4.69, 9.17) is 4.74 Å². The number of hydrogen-bond donors (Lipinski definition) is 1. The fourth-order valence-electron chi connectivity index (χ4n) is 1.79. The predicted octanol–water partition coefficient (Wildman–Crippen LogP) is 3.47. The van der Waals surface area contributed by atoms with E-state index in [1.54, 1.807) is 19.9 Å². The molecule has 2 aromatic carbocycles. The third-order valence-electron chi connectivity index (χ3n) is 3.21. The maximum atomic E-state index is 11.3. The van der Waals surface area contributed by atoms with E-state index in [1.165, 1.54) is 0 Å². The van der Waals surface area contributed by atoms with E-state index in [0.29, 0.717) is 12.2 Å². The van der Waals surface area contributed by atoms with Crippen molar-refractivity contribution in [2.24, 2.45) is 0 Å². The van der Waals surface area contributed by atoms with Gasteiger partial charge in [0.15, 0.2) is 0 Å². The van der Waals surface area contributed by atoms with Crippen molar-refractivity contribution in [1.82, 2.24) is 0 Å². The van der Waals surface area contributed by atoms with E-state index in [0.717, 1.165) is 10.8 Å². The molecule has 0 aliphatic rings. The highest BCUT2D eigenvalue weighted by Crippen LogP contribution is 2.29. The molecule has 0 heterocycles. The standard InChI is InChI=1S/C15H16O3/c1-3-15(2,14(16)17)18-13-10-6-8-11-7-4-5-9-12(11)13/h4-10H,3H2,1-2H3,(H,16,17). The maximum absolute atomic E-state index is 11.3. The van der Waals surface area contributed by atoms with Gasteiger partial charge in [-0.05, 0) is 24.8 Å². The summed E-state index contributed by atoms with van der Waals surface area (Å²) < 4.78 is 5.73. The second-order valence-corrected chi connectivity index (χ2v) is 4.47. The number of carboxylic acid groups (broad SMARTS) is 1. The molecule has 0 aliphatic carbocycles. The Morgan fingerprint density at radius 2 is 1.89 bits per heavy atom. The van der Waals surface area contributed by atoms with Crippen LogP contribution in [0.15, 0.2) is 42.5 Å². The highest BCUT2D eigenvalue weighted by Gasteiger charge is 2.33. The molecule has 94 valence electrons. The quantitative estimate of drug-likeness (QED) is 0.895. The average Bonchev–Trinajstić information content (AvgIpc) is 2.39. The van der Waals surface area contributed by atoms with Crippen LogP contribution in [0, 0.1) is 0 Å². The van der Waals surface area contributed by atoms with Crippen LogP contribution in [-0.4, -0.2) is 16.7 Å². The van der Waals surface area contributed by atoms with Crippen molar-refractivity contribution in [2.45, 2.75) is 25.9 Å². The van der Waals surface area contributed by atoms with Gasteiger partial charge >= 0.3 is 5.97 Å². The lowest BCUT2D eigenvalue weighted by atomic mass is 10.0. The van der Waals surface area contributed by atoms with Gasteiger partial charge in [-0.2, -0.15) is 0 Å². The van der Waals surface area contributed by atoms with Crippen LogP contribution in [0.2, 0.25) is 0 Å². The number of benzene rings is 2. The molecule has 0 saturated carbocycles. The van der Waals surface area contributed by atoms with Gasteiger partial charge in [0.25, 0.3) is 0 Å². The Morgan fingerprint density at radius 3 is 2.56 bits per heavy atom. The predicted molar refractivity (Wildman–Crippen MR) is 70.9 cm³/mol. The van der Waals surface area contributed by atoms with Gasteiger partial charge in [-0.15, -0.1) is 0 Å². The molecule has 2 rings (SSSR count). The Kier molecular flexibility index (Phi) is 3.24. The average molecular weight is 244 g/mol. The van der Waals surface area contributed by atoms with E-state index in [9.17, 15) is 9.90 Å². The van der Waals surface area contributed by atoms with Gasteiger partial charge < -0.3 is 9.84 Å². The van der Waals surface area contributed by atoms with E-state index in [1.807, 2.05) is 36.4 Å². The van der Waals surface area contributed by atoms with Gasteiger partial charge in [-0.3, -0.25) is 0 Å². The summed E-state index contributed by atoms with van der Waals surface area (Å²) in [6.07, 6.45) is 0.408. The monoisotopic (exact) mass is 244 g/mol.